The van der Waals surface area contributed by atoms with Gasteiger partial charge in [0.05, 0.1) is 11.5 Å². The third-order valence-corrected chi connectivity index (χ3v) is 8.67. The van der Waals surface area contributed by atoms with Gasteiger partial charge in [-0.1, -0.05) is 25.0 Å². The van der Waals surface area contributed by atoms with E-state index in [0.29, 0.717) is 29.8 Å². The van der Waals surface area contributed by atoms with E-state index >= 15 is 0 Å². The number of rotatable bonds is 6. The molecular formula is C24H30N2O5S. The van der Waals surface area contributed by atoms with Crippen LogP contribution in [0.1, 0.15) is 43.7 Å². The molecule has 0 atom stereocenters. The smallest absolute Gasteiger partial charge is 0.413 e. The Kier molecular flexibility index (Phi) is 6.93. The zero-order valence-electron chi connectivity index (χ0n) is 19.0. The van der Waals surface area contributed by atoms with E-state index in [-0.39, 0.29) is 24.3 Å². The molecule has 0 spiro atoms. The molecule has 0 aromatic heterocycles. The first-order valence-electron chi connectivity index (χ1n) is 10.8. The van der Waals surface area contributed by atoms with Crippen molar-refractivity contribution in [3.8, 4) is 0 Å². The highest BCUT2D eigenvalue weighted by Gasteiger charge is 2.53. The lowest BCUT2D eigenvalue weighted by Crippen LogP contribution is -2.47. The van der Waals surface area contributed by atoms with E-state index in [1.54, 1.807) is 57.3 Å². The Labute approximate surface area is 189 Å². The molecule has 3 rings (SSSR count). The van der Waals surface area contributed by atoms with E-state index in [2.05, 4.69) is 5.32 Å². The molecule has 172 valence electrons. The maximum absolute atomic E-state index is 13.7. The highest BCUT2D eigenvalue weighted by atomic mass is 32.2. The van der Waals surface area contributed by atoms with Crippen LogP contribution in [0.5, 0.6) is 0 Å². The number of ether oxygens (including phenoxy) is 1. The van der Waals surface area contributed by atoms with Crippen molar-refractivity contribution in [1.82, 2.24) is 0 Å². The van der Waals surface area contributed by atoms with Gasteiger partial charge in [-0.3, -0.25) is 9.69 Å². The molecule has 2 aromatic rings. The van der Waals surface area contributed by atoms with Crippen molar-refractivity contribution < 1.29 is 22.7 Å². The van der Waals surface area contributed by atoms with Crippen LogP contribution in [-0.4, -0.2) is 38.8 Å². The molecule has 1 saturated carbocycles. The maximum atomic E-state index is 13.7. The van der Waals surface area contributed by atoms with E-state index in [9.17, 15) is 18.0 Å². The quantitative estimate of drug-likeness (QED) is 0.682. The lowest BCUT2D eigenvalue weighted by Gasteiger charge is -2.28. The third kappa shape index (κ3) is 4.37. The highest BCUT2D eigenvalue weighted by Crippen LogP contribution is 2.42. The molecule has 1 N–H and O–H groups in total. The lowest BCUT2D eigenvalue weighted by atomic mass is 10.1. The summed E-state index contributed by atoms with van der Waals surface area (Å²) in [4.78, 5) is 26.9. The minimum Gasteiger partial charge on any atom is -0.449 e. The van der Waals surface area contributed by atoms with Crippen molar-refractivity contribution in [3.63, 3.8) is 0 Å². The number of hydrogen-bond acceptors (Lipinski definition) is 5. The zero-order chi connectivity index (χ0) is 23.5. The predicted molar refractivity (Wildman–Crippen MR) is 125 cm³/mol. The molecule has 0 radical (unpaired) electrons. The normalized spacial score (nSPS) is 15.2. The average Bonchev–Trinajstić information content (AvgIpc) is 3.27. The van der Waals surface area contributed by atoms with Crippen molar-refractivity contribution in [2.24, 2.45) is 0 Å². The first kappa shape index (κ1) is 23.8. The molecule has 1 aliphatic carbocycles. The van der Waals surface area contributed by atoms with Gasteiger partial charge in [-0.05, 0) is 75.1 Å². The topological polar surface area (TPSA) is 92.8 Å². The van der Waals surface area contributed by atoms with Crippen LogP contribution in [0.15, 0.2) is 47.4 Å². The summed E-state index contributed by atoms with van der Waals surface area (Å²) in [5.74, 6) is -0.512. The van der Waals surface area contributed by atoms with Crippen molar-refractivity contribution >= 4 is 33.2 Å². The standard InChI is InChI=1S/C24H30N2O5S/c1-5-31-23(28)26(4)20-12-10-19(11-13-20)25-22(27)24(14-6-7-15-24)32(29,30)21-16-17(2)8-9-18(21)3/h8-13,16H,5-7,14-15H2,1-4H3,(H,25,27). The van der Waals surface area contributed by atoms with Crippen molar-refractivity contribution in [2.45, 2.75) is 56.1 Å². The van der Waals surface area contributed by atoms with E-state index < -0.39 is 26.6 Å². The van der Waals surface area contributed by atoms with Crippen LogP contribution < -0.4 is 10.2 Å². The van der Waals surface area contributed by atoms with E-state index in [4.69, 9.17) is 4.74 Å². The van der Waals surface area contributed by atoms with Crippen LogP contribution in [0.2, 0.25) is 0 Å². The Balaban J connectivity index is 1.87. The maximum Gasteiger partial charge on any atom is 0.413 e. The van der Waals surface area contributed by atoms with Crippen LogP contribution >= 0.6 is 0 Å². The Hall–Kier alpha value is -2.87. The lowest BCUT2D eigenvalue weighted by molar-refractivity contribution is -0.118. The van der Waals surface area contributed by atoms with Gasteiger partial charge in [0.2, 0.25) is 5.91 Å². The minimum atomic E-state index is -3.89. The fourth-order valence-electron chi connectivity index (χ4n) is 4.11. The molecule has 0 heterocycles. The van der Waals surface area contributed by atoms with Gasteiger partial charge in [0, 0.05) is 18.4 Å². The summed E-state index contributed by atoms with van der Waals surface area (Å²) in [5.41, 5.74) is 2.54. The summed E-state index contributed by atoms with van der Waals surface area (Å²) in [6, 6.07) is 11.9. The number of carbonyl (C=O) groups excluding carboxylic acids is 2. The molecule has 7 nitrogen and oxygen atoms in total. The molecule has 1 fully saturated rings. The van der Waals surface area contributed by atoms with Crippen LogP contribution in [0.25, 0.3) is 0 Å². The molecule has 32 heavy (non-hydrogen) atoms. The first-order chi connectivity index (χ1) is 15.1. The van der Waals surface area contributed by atoms with Crippen LogP contribution in [0.4, 0.5) is 16.2 Å². The predicted octanol–water partition coefficient (Wildman–Crippen LogP) is 4.62. The largest absolute Gasteiger partial charge is 0.449 e. The van der Waals surface area contributed by atoms with Gasteiger partial charge >= 0.3 is 6.09 Å². The number of benzene rings is 2. The number of anilines is 2. The summed E-state index contributed by atoms with van der Waals surface area (Å²) in [5, 5.41) is 2.80. The summed E-state index contributed by atoms with van der Waals surface area (Å²) in [6.45, 7) is 5.60. The van der Waals surface area contributed by atoms with E-state index in [1.807, 2.05) is 13.0 Å². The van der Waals surface area contributed by atoms with Gasteiger partial charge in [0.1, 0.15) is 0 Å². The monoisotopic (exact) mass is 458 g/mol. The van der Waals surface area contributed by atoms with Crippen LogP contribution in [0.3, 0.4) is 0 Å². The van der Waals surface area contributed by atoms with Crippen LogP contribution in [-0.2, 0) is 19.4 Å². The number of nitrogens with one attached hydrogen (secondary N) is 1. The molecule has 1 aliphatic rings. The number of nitrogens with zero attached hydrogens (tertiary/aromatic N) is 1. The first-order valence-corrected chi connectivity index (χ1v) is 12.2. The SMILES string of the molecule is CCOC(=O)N(C)c1ccc(NC(=O)C2(S(=O)(=O)c3cc(C)ccc3C)CCCC2)cc1. The summed E-state index contributed by atoms with van der Waals surface area (Å²) >= 11 is 0. The molecule has 2 amide bonds. The van der Waals surface area contributed by atoms with Gasteiger partial charge in [-0.2, -0.15) is 0 Å². The number of sulfone groups is 1. The van der Waals surface area contributed by atoms with Gasteiger partial charge in [-0.25, -0.2) is 13.2 Å². The average molecular weight is 459 g/mol. The number of carbonyl (C=O) groups is 2. The summed E-state index contributed by atoms with van der Waals surface area (Å²) in [7, 11) is -2.30. The summed E-state index contributed by atoms with van der Waals surface area (Å²) in [6.07, 6.45) is 1.46. The fourth-order valence-corrected chi connectivity index (χ4v) is 6.49. The van der Waals surface area contributed by atoms with Gasteiger partial charge in [0.15, 0.2) is 14.6 Å². The second-order valence-corrected chi connectivity index (χ2v) is 10.5. The van der Waals surface area contributed by atoms with Crippen LogP contribution in [0, 0.1) is 13.8 Å². The minimum absolute atomic E-state index is 0.223. The fraction of sp³-hybridized carbons (Fsp3) is 0.417. The van der Waals surface area contributed by atoms with Gasteiger partial charge < -0.3 is 10.1 Å². The summed E-state index contributed by atoms with van der Waals surface area (Å²) < 4.78 is 30.9. The molecular weight excluding hydrogens is 428 g/mol. The molecule has 8 heteroatoms. The Morgan fingerprint density at radius 3 is 2.28 bits per heavy atom. The number of hydrogen-bond donors (Lipinski definition) is 1. The van der Waals surface area contributed by atoms with E-state index in [0.717, 1.165) is 5.56 Å². The van der Waals surface area contributed by atoms with E-state index in [1.165, 1.54) is 4.90 Å². The molecule has 0 saturated heterocycles. The number of amides is 2. The highest BCUT2D eigenvalue weighted by molar-refractivity contribution is 7.93. The molecule has 0 unspecified atom stereocenters. The van der Waals surface area contributed by atoms with Gasteiger partial charge in [-0.15, -0.1) is 0 Å². The van der Waals surface area contributed by atoms with Gasteiger partial charge in [0.25, 0.3) is 0 Å². The Morgan fingerprint density at radius 1 is 1.06 bits per heavy atom. The second-order valence-electron chi connectivity index (χ2n) is 8.23. The van der Waals surface area contributed by atoms with Crippen molar-refractivity contribution in [1.29, 1.82) is 0 Å². The molecule has 0 bridgehead atoms. The van der Waals surface area contributed by atoms with Crippen molar-refractivity contribution in [2.75, 3.05) is 23.9 Å². The Morgan fingerprint density at radius 2 is 1.69 bits per heavy atom. The molecule has 0 aliphatic heterocycles. The van der Waals surface area contributed by atoms with Crippen molar-refractivity contribution in [3.05, 3.63) is 53.6 Å². The Bertz CT molecular complexity index is 1100. The number of aryl methyl sites for hydroxylation is 2. The molecule has 2 aromatic carbocycles. The second kappa shape index (κ2) is 9.32. The zero-order valence-corrected chi connectivity index (χ0v) is 19.8. The third-order valence-electron chi connectivity index (χ3n) is 6.03.